The van der Waals surface area contributed by atoms with E-state index < -0.39 is 0 Å². The van der Waals surface area contributed by atoms with Crippen molar-refractivity contribution >= 4 is 48.5 Å². The number of amides is 1. The number of nitrogens with one attached hydrogen (secondary N) is 1. The number of fused-ring (bicyclic) bond motifs is 1. The first-order chi connectivity index (χ1) is 14.1. The predicted molar refractivity (Wildman–Crippen MR) is 121 cm³/mol. The van der Waals surface area contributed by atoms with Gasteiger partial charge in [0, 0.05) is 49.3 Å². The van der Waals surface area contributed by atoms with Crippen molar-refractivity contribution in [3.8, 4) is 5.75 Å². The fourth-order valence-corrected chi connectivity index (χ4v) is 4.70. The van der Waals surface area contributed by atoms with Gasteiger partial charge in [-0.05, 0) is 36.4 Å². The SMILES string of the molecule is COc1cccc2sc(N3CCN(CCNC(=O)c4ccc(Br)cc4)CC3)nc12. The zero-order valence-corrected chi connectivity index (χ0v) is 18.6. The Morgan fingerprint density at radius 2 is 1.93 bits per heavy atom. The molecule has 6 nitrogen and oxygen atoms in total. The lowest BCUT2D eigenvalue weighted by Gasteiger charge is -2.34. The summed E-state index contributed by atoms with van der Waals surface area (Å²) in [5.74, 6) is 0.796. The average Bonchev–Trinajstić information content (AvgIpc) is 3.19. The van der Waals surface area contributed by atoms with Crippen molar-refractivity contribution in [2.45, 2.75) is 0 Å². The van der Waals surface area contributed by atoms with Gasteiger partial charge in [-0.1, -0.05) is 33.3 Å². The molecule has 1 saturated heterocycles. The van der Waals surface area contributed by atoms with E-state index in [0.717, 1.165) is 58.3 Å². The maximum Gasteiger partial charge on any atom is 0.251 e. The quantitative estimate of drug-likeness (QED) is 0.591. The number of hydrogen-bond donors (Lipinski definition) is 1. The van der Waals surface area contributed by atoms with Crippen LogP contribution in [-0.2, 0) is 0 Å². The van der Waals surface area contributed by atoms with Gasteiger partial charge < -0.3 is 15.0 Å². The summed E-state index contributed by atoms with van der Waals surface area (Å²) in [5.41, 5.74) is 1.62. The van der Waals surface area contributed by atoms with Crippen molar-refractivity contribution in [3.63, 3.8) is 0 Å². The van der Waals surface area contributed by atoms with E-state index in [4.69, 9.17) is 9.72 Å². The number of rotatable bonds is 6. The number of aromatic nitrogens is 1. The van der Waals surface area contributed by atoms with E-state index in [1.807, 2.05) is 36.4 Å². The second-order valence-corrected chi connectivity index (χ2v) is 8.82. The molecule has 0 saturated carbocycles. The van der Waals surface area contributed by atoms with Crippen molar-refractivity contribution in [3.05, 3.63) is 52.5 Å². The van der Waals surface area contributed by atoms with Gasteiger partial charge in [0.1, 0.15) is 11.3 Å². The van der Waals surface area contributed by atoms with Crippen LogP contribution in [0.2, 0.25) is 0 Å². The molecule has 0 spiro atoms. The summed E-state index contributed by atoms with van der Waals surface area (Å²) < 4.78 is 7.55. The summed E-state index contributed by atoms with van der Waals surface area (Å²) in [5, 5.41) is 4.05. The van der Waals surface area contributed by atoms with E-state index in [9.17, 15) is 4.79 Å². The molecule has 3 aromatic rings. The molecule has 1 aliphatic heterocycles. The third kappa shape index (κ3) is 4.71. The minimum Gasteiger partial charge on any atom is -0.494 e. The lowest BCUT2D eigenvalue weighted by molar-refractivity contribution is 0.0948. The van der Waals surface area contributed by atoms with Gasteiger partial charge in [-0.2, -0.15) is 0 Å². The predicted octanol–water partition coefficient (Wildman–Crippen LogP) is 3.62. The van der Waals surface area contributed by atoms with E-state index in [0.29, 0.717) is 12.1 Å². The minimum absolute atomic E-state index is 0.0282. The highest BCUT2D eigenvalue weighted by molar-refractivity contribution is 9.10. The summed E-state index contributed by atoms with van der Waals surface area (Å²) in [6, 6.07) is 13.5. The van der Waals surface area contributed by atoms with Gasteiger partial charge in [-0.25, -0.2) is 4.98 Å². The third-order valence-electron chi connectivity index (χ3n) is 5.05. The van der Waals surface area contributed by atoms with Crippen LogP contribution in [0.25, 0.3) is 10.2 Å². The second-order valence-electron chi connectivity index (χ2n) is 6.89. The first-order valence-electron chi connectivity index (χ1n) is 9.58. The topological polar surface area (TPSA) is 57.7 Å². The zero-order chi connectivity index (χ0) is 20.2. The number of halogens is 1. The largest absolute Gasteiger partial charge is 0.494 e. The molecule has 2 aromatic carbocycles. The van der Waals surface area contributed by atoms with E-state index >= 15 is 0 Å². The number of benzene rings is 2. The smallest absolute Gasteiger partial charge is 0.251 e. The number of methoxy groups -OCH3 is 1. The Labute approximate surface area is 182 Å². The number of hydrogen-bond acceptors (Lipinski definition) is 6. The van der Waals surface area contributed by atoms with Gasteiger partial charge in [-0.3, -0.25) is 9.69 Å². The second kappa shape index (κ2) is 9.11. The lowest BCUT2D eigenvalue weighted by atomic mass is 10.2. The highest BCUT2D eigenvalue weighted by atomic mass is 79.9. The Morgan fingerprint density at radius 1 is 1.17 bits per heavy atom. The molecule has 29 heavy (non-hydrogen) atoms. The van der Waals surface area contributed by atoms with E-state index in [1.165, 1.54) is 0 Å². The number of thiazole rings is 1. The number of nitrogens with zero attached hydrogens (tertiary/aromatic N) is 3. The van der Waals surface area contributed by atoms with Gasteiger partial charge in [0.25, 0.3) is 5.91 Å². The standard InChI is InChI=1S/C21H23BrN4O2S/c1-28-17-3-2-4-18-19(17)24-21(29-18)26-13-11-25(12-14-26)10-9-23-20(27)15-5-7-16(22)8-6-15/h2-8H,9-14H2,1H3,(H,23,27). The van der Waals surface area contributed by atoms with Crippen LogP contribution in [-0.4, -0.2) is 62.2 Å². The molecule has 8 heteroatoms. The lowest BCUT2D eigenvalue weighted by Crippen LogP contribution is -2.48. The Balaban J connectivity index is 1.26. The molecule has 0 aliphatic carbocycles. The van der Waals surface area contributed by atoms with E-state index in [1.54, 1.807) is 18.4 Å². The molecule has 1 aliphatic rings. The van der Waals surface area contributed by atoms with Gasteiger partial charge in [-0.15, -0.1) is 0 Å². The van der Waals surface area contributed by atoms with Crippen LogP contribution < -0.4 is 15.0 Å². The molecule has 1 aromatic heterocycles. The molecule has 0 unspecified atom stereocenters. The maximum atomic E-state index is 12.2. The van der Waals surface area contributed by atoms with Gasteiger partial charge in [0.15, 0.2) is 5.13 Å². The fourth-order valence-electron chi connectivity index (χ4n) is 3.41. The van der Waals surface area contributed by atoms with Crippen LogP contribution in [0, 0.1) is 0 Å². The monoisotopic (exact) mass is 474 g/mol. The number of para-hydroxylation sites is 1. The first-order valence-corrected chi connectivity index (χ1v) is 11.2. The summed E-state index contributed by atoms with van der Waals surface area (Å²) >= 11 is 5.10. The summed E-state index contributed by atoms with van der Waals surface area (Å²) in [4.78, 5) is 21.7. The molecule has 1 N–H and O–H groups in total. The normalized spacial score (nSPS) is 14.9. The highest BCUT2D eigenvalue weighted by Crippen LogP contribution is 2.34. The first kappa shape index (κ1) is 20.1. The molecule has 1 amide bonds. The van der Waals surface area contributed by atoms with Gasteiger partial charge in [0.2, 0.25) is 0 Å². The van der Waals surface area contributed by atoms with Crippen LogP contribution in [0.3, 0.4) is 0 Å². The Hall–Kier alpha value is -2.16. The molecule has 0 bridgehead atoms. The number of anilines is 1. The highest BCUT2D eigenvalue weighted by Gasteiger charge is 2.20. The summed E-state index contributed by atoms with van der Waals surface area (Å²) in [6.07, 6.45) is 0. The van der Waals surface area contributed by atoms with Crippen molar-refractivity contribution in [1.29, 1.82) is 0 Å². The minimum atomic E-state index is -0.0282. The molecule has 1 fully saturated rings. The summed E-state index contributed by atoms with van der Waals surface area (Å²) in [6.45, 7) is 5.28. The van der Waals surface area contributed by atoms with Gasteiger partial charge >= 0.3 is 0 Å². The third-order valence-corrected chi connectivity index (χ3v) is 6.66. The number of carbonyl (C=O) groups is 1. The Morgan fingerprint density at radius 3 is 2.66 bits per heavy atom. The van der Waals surface area contributed by atoms with Crippen LogP contribution in [0.4, 0.5) is 5.13 Å². The maximum absolute atomic E-state index is 12.2. The van der Waals surface area contributed by atoms with Gasteiger partial charge in [0.05, 0.1) is 11.8 Å². The number of carbonyl (C=O) groups excluding carboxylic acids is 1. The molecule has 0 atom stereocenters. The number of ether oxygens (including phenoxy) is 1. The van der Waals surface area contributed by atoms with E-state index in [-0.39, 0.29) is 5.91 Å². The Kier molecular flexibility index (Phi) is 6.32. The van der Waals surface area contributed by atoms with E-state index in [2.05, 4.69) is 37.1 Å². The van der Waals surface area contributed by atoms with Crippen molar-refractivity contribution in [1.82, 2.24) is 15.2 Å². The van der Waals surface area contributed by atoms with Crippen LogP contribution in [0.1, 0.15) is 10.4 Å². The molecular formula is C21H23BrN4O2S. The molecule has 2 heterocycles. The molecule has 4 rings (SSSR count). The van der Waals surface area contributed by atoms with Crippen molar-refractivity contribution < 1.29 is 9.53 Å². The van der Waals surface area contributed by atoms with Crippen molar-refractivity contribution in [2.24, 2.45) is 0 Å². The van der Waals surface area contributed by atoms with Crippen LogP contribution in [0.5, 0.6) is 5.75 Å². The van der Waals surface area contributed by atoms with Crippen LogP contribution in [0.15, 0.2) is 46.9 Å². The summed E-state index contributed by atoms with van der Waals surface area (Å²) in [7, 11) is 1.68. The fraction of sp³-hybridized carbons (Fsp3) is 0.333. The molecule has 0 radical (unpaired) electrons. The van der Waals surface area contributed by atoms with Crippen molar-refractivity contribution in [2.75, 3.05) is 51.3 Å². The zero-order valence-electron chi connectivity index (χ0n) is 16.2. The molecular weight excluding hydrogens is 452 g/mol. The van der Waals surface area contributed by atoms with Crippen LogP contribution >= 0.6 is 27.3 Å². The molecule has 152 valence electrons. The average molecular weight is 475 g/mol. The Bertz CT molecular complexity index is 984. The number of piperazine rings is 1.